The van der Waals surface area contributed by atoms with E-state index in [-0.39, 0.29) is 29.7 Å². The van der Waals surface area contributed by atoms with E-state index in [0.29, 0.717) is 12.7 Å². The lowest BCUT2D eigenvalue weighted by atomic mass is 10.0. The number of carbonyl (C=O) groups is 2. The van der Waals surface area contributed by atoms with Crippen LogP contribution in [0, 0.1) is 23.3 Å². The number of nitrogens with one attached hydrogen (secondary N) is 2. The van der Waals surface area contributed by atoms with E-state index in [2.05, 4.69) is 30.1 Å². The van der Waals surface area contributed by atoms with Gasteiger partial charge in [-0.05, 0) is 30.3 Å². The molecule has 0 atom stereocenters. The van der Waals surface area contributed by atoms with Crippen LogP contribution in [-0.4, -0.2) is 51.8 Å². The van der Waals surface area contributed by atoms with Gasteiger partial charge in [0.25, 0.3) is 15.9 Å². The van der Waals surface area contributed by atoms with E-state index in [9.17, 15) is 22.4 Å². The van der Waals surface area contributed by atoms with Crippen LogP contribution in [0.3, 0.4) is 0 Å². The first-order valence-electron chi connectivity index (χ1n) is 14.1. The Kier molecular flexibility index (Phi) is 10.2. The van der Waals surface area contributed by atoms with Gasteiger partial charge in [0, 0.05) is 51.2 Å². The van der Waals surface area contributed by atoms with Gasteiger partial charge in [0.1, 0.15) is 29.6 Å². The Bertz CT molecular complexity index is 1930. The Labute approximate surface area is 263 Å². The molecule has 1 heterocycles. The van der Waals surface area contributed by atoms with E-state index in [4.69, 9.17) is 9.47 Å². The van der Waals surface area contributed by atoms with Gasteiger partial charge in [-0.2, -0.15) is 5.10 Å². The van der Waals surface area contributed by atoms with Crippen molar-refractivity contribution in [3.05, 3.63) is 71.4 Å². The molecule has 1 aromatic heterocycles. The van der Waals surface area contributed by atoms with Gasteiger partial charge in [-0.15, -0.1) is 0 Å². The number of anilines is 1. The summed E-state index contributed by atoms with van der Waals surface area (Å²) in [5.74, 6) is -6.68. The van der Waals surface area contributed by atoms with Crippen LogP contribution in [-0.2, 0) is 26.3 Å². The lowest BCUT2D eigenvalue weighted by Gasteiger charge is -2.16. The normalized spacial score (nSPS) is 11.9. The third-order valence-corrected chi connectivity index (χ3v) is 9.83. The highest BCUT2D eigenvalue weighted by Crippen LogP contribution is 2.37. The van der Waals surface area contributed by atoms with Crippen LogP contribution in [0.5, 0.6) is 5.75 Å². The monoisotopic (exact) mass is 680 g/mol. The van der Waals surface area contributed by atoms with E-state index >= 15 is 13.2 Å². The summed E-state index contributed by atoms with van der Waals surface area (Å²) < 4.78 is 101. The maximum absolute atomic E-state index is 16.2. The molecule has 0 radical (unpaired) electrons. The average molecular weight is 681 g/mol. The van der Waals surface area contributed by atoms with Crippen molar-refractivity contribution in [3.8, 4) is 16.9 Å². The van der Waals surface area contributed by atoms with Crippen molar-refractivity contribution >= 4 is 46.6 Å². The molecule has 246 valence electrons. The molecule has 4 rings (SSSR count). The molecule has 0 saturated heterocycles. The Morgan fingerprint density at radius 2 is 1.72 bits per heavy atom. The molecule has 0 spiro atoms. The van der Waals surface area contributed by atoms with Crippen LogP contribution in [0.1, 0.15) is 23.8 Å². The summed E-state index contributed by atoms with van der Waals surface area (Å²) in [6.07, 6.45) is -0.0672. The van der Waals surface area contributed by atoms with Gasteiger partial charge in [0.2, 0.25) is 0 Å². The zero-order valence-corrected chi connectivity index (χ0v) is 27.5. The van der Waals surface area contributed by atoms with Gasteiger partial charge in [-0.25, -0.2) is 30.7 Å². The van der Waals surface area contributed by atoms with Crippen molar-refractivity contribution in [3.63, 3.8) is 0 Å². The predicted octanol–water partition coefficient (Wildman–Crippen LogP) is 6.05. The molecule has 0 saturated carbocycles. The zero-order chi connectivity index (χ0) is 34.0. The molecule has 1 amide bonds. The van der Waals surface area contributed by atoms with Crippen LogP contribution < -0.4 is 14.8 Å². The molecule has 0 aliphatic heterocycles. The highest BCUT2D eigenvalue weighted by molar-refractivity contribution is 7.92. The van der Waals surface area contributed by atoms with Crippen LogP contribution in [0.2, 0.25) is 25.7 Å². The Balaban J connectivity index is 1.77. The van der Waals surface area contributed by atoms with Crippen LogP contribution in [0.4, 0.5) is 23.2 Å². The number of esters is 1. The molecule has 0 fully saturated rings. The second kappa shape index (κ2) is 13.6. The van der Waals surface area contributed by atoms with E-state index in [1.54, 1.807) is 0 Å². The van der Waals surface area contributed by atoms with Gasteiger partial charge in [0.15, 0.2) is 17.3 Å². The summed E-state index contributed by atoms with van der Waals surface area (Å²) in [4.78, 5) is 23.4. The number of benzene rings is 3. The van der Waals surface area contributed by atoms with Crippen LogP contribution >= 0.6 is 0 Å². The Morgan fingerprint density at radius 1 is 1.00 bits per heavy atom. The molecule has 2 N–H and O–H groups in total. The molecular weight excluding hydrogens is 648 g/mol. The second-order valence-corrected chi connectivity index (χ2v) is 18.7. The Morgan fingerprint density at radius 3 is 2.37 bits per heavy atom. The Hall–Kier alpha value is -4.28. The zero-order valence-electron chi connectivity index (χ0n) is 25.6. The van der Waals surface area contributed by atoms with Crippen molar-refractivity contribution in [2.24, 2.45) is 0 Å². The molecule has 46 heavy (non-hydrogen) atoms. The third-order valence-electron chi connectivity index (χ3n) is 6.78. The van der Waals surface area contributed by atoms with E-state index in [1.165, 1.54) is 20.0 Å². The molecule has 0 aliphatic carbocycles. The SMILES string of the molecule is CCC(=O)Oc1cc(F)cc(S(=O)(=O)Nc2ccc(F)c(-c3ccc4c(C(=O)NC)nn(COCC[Si](C)(C)C)c4c3F)c2F)c1. The fourth-order valence-corrected chi connectivity index (χ4v) is 6.23. The number of sulfonamides is 1. The second-order valence-electron chi connectivity index (χ2n) is 11.4. The summed E-state index contributed by atoms with van der Waals surface area (Å²) in [7, 11) is -4.83. The lowest BCUT2D eigenvalue weighted by molar-refractivity contribution is -0.134. The number of aromatic nitrogens is 2. The maximum atomic E-state index is 16.2. The molecule has 16 heteroatoms. The lowest BCUT2D eigenvalue weighted by Crippen LogP contribution is -2.22. The minimum Gasteiger partial charge on any atom is -0.426 e. The van der Waals surface area contributed by atoms with Crippen LogP contribution in [0.15, 0.2) is 47.4 Å². The number of halogens is 4. The number of nitrogens with zero attached hydrogens (tertiary/aromatic N) is 2. The first kappa shape index (κ1) is 34.6. The maximum Gasteiger partial charge on any atom is 0.310 e. The summed E-state index contributed by atoms with van der Waals surface area (Å²) in [5, 5.41) is 6.65. The summed E-state index contributed by atoms with van der Waals surface area (Å²) in [6.45, 7) is 8.00. The average Bonchev–Trinajstić information content (AvgIpc) is 3.36. The smallest absolute Gasteiger partial charge is 0.310 e. The molecule has 0 aliphatic rings. The number of ether oxygens (including phenoxy) is 2. The quantitative estimate of drug-likeness (QED) is 0.0613. The van der Waals surface area contributed by atoms with Gasteiger partial charge in [-0.3, -0.25) is 14.3 Å². The van der Waals surface area contributed by atoms with E-state index < -0.39 is 80.7 Å². The number of hydrogen-bond donors (Lipinski definition) is 2. The molecule has 0 bridgehead atoms. The molecule has 0 unspecified atom stereocenters. The fraction of sp³-hybridized carbons (Fsp3) is 0.300. The summed E-state index contributed by atoms with van der Waals surface area (Å²) in [5.41, 5.74) is -2.68. The van der Waals surface area contributed by atoms with Gasteiger partial charge < -0.3 is 14.8 Å². The van der Waals surface area contributed by atoms with E-state index in [0.717, 1.165) is 41.1 Å². The number of rotatable bonds is 12. The van der Waals surface area contributed by atoms with Crippen LogP contribution in [0.25, 0.3) is 22.0 Å². The van der Waals surface area contributed by atoms with Crippen molar-refractivity contribution in [2.45, 2.75) is 50.7 Å². The predicted molar refractivity (Wildman–Crippen MR) is 166 cm³/mol. The van der Waals surface area contributed by atoms with Crippen molar-refractivity contribution in [1.29, 1.82) is 0 Å². The molecule has 4 aromatic rings. The largest absolute Gasteiger partial charge is 0.426 e. The molecule has 3 aromatic carbocycles. The molecular formula is C30H32F4N4O6SSi. The minimum absolute atomic E-state index is 0.0535. The standard InChI is InChI=1S/C30H32F4N4O6SSi/c1-6-24(39)44-18-13-17(31)14-19(15-18)45(41,42)37-23-10-9-22(32)25(27(23)34)20-7-8-21-28(30(40)35-2)36-38(29(21)26(20)33)16-43-11-12-46(3,4)5/h7-10,13-15,37H,6,11-12,16H2,1-5H3,(H,35,40). The van der Waals surface area contributed by atoms with Crippen molar-refractivity contribution in [2.75, 3.05) is 18.4 Å². The van der Waals surface area contributed by atoms with Gasteiger partial charge in [0.05, 0.1) is 16.1 Å². The highest BCUT2D eigenvalue weighted by atomic mass is 32.2. The van der Waals surface area contributed by atoms with Gasteiger partial charge >= 0.3 is 5.97 Å². The number of amides is 1. The van der Waals surface area contributed by atoms with E-state index in [1.807, 2.05) is 4.72 Å². The number of hydrogen-bond acceptors (Lipinski definition) is 7. The fourth-order valence-electron chi connectivity index (χ4n) is 4.37. The topological polar surface area (TPSA) is 129 Å². The first-order valence-corrected chi connectivity index (χ1v) is 19.3. The van der Waals surface area contributed by atoms with Crippen molar-refractivity contribution < 1.29 is 45.0 Å². The number of fused-ring (bicyclic) bond motifs is 1. The third kappa shape index (κ3) is 7.56. The summed E-state index contributed by atoms with van der Waals surface area (Å²) >= 11 is 0. The van der Waals surface area contributed by atoms with Gasteiger partial charge in [-0.1, -0.05) is 32.6 Å². The van der Waals surface area contributed by atoms with Crippen molar-refractivity contribution in [1.82, 2.24) is 15.1 Å². The highest BCUT2D eigenvalue weighted by Gasteiger charge is 2.27. The number of carbonyl (C=O) groups excluding carboxylic acids is 2. The minimum atomic E-state index is -4.73. The first-order chi connectivity index (χ1) is 21.6. The molecule has 10 nitrogen and oxygen atoms in total. The summed E-state index contributed by atoms with van der Waals surface area (Å²) in [6, 6.07) is 6.87.